The molecule has 0 N–H and O–H groups in total. The molecule has 0 saturated carbocycles. The Labute approximate surface area is 161 Å². The molecule has 1 aliphatic rings. The minimum Gasteiger partial charge on any atom is -0.478 e. The van der Waals surface area contributed by atoms with Crippen LogP contribution in [0.3, 0.4) is 0 Å². The summed E-state index contributed by atoms with van der Waals surface area (Å²) in [4.78, 5) is 19.4. The summed E-state index contributed by atoms with van der Waals surface area (Å²) in [5.74, 6) is 1.40. The van der Waals surface area contributed by atoms with Crippen molar-refractivity contribution < 1.29 is 14.1 Å². The molecule has 7 heteroatoms. The van der Waals surface area contributed by atoms with E-state index in [-0.39, 0.29) is 5.91 Å². The van der Waals surface area contributed by atoms with Crippen LogP contribution in [0.5, 0.6) is 5.75 Å². The summed E-state index contributed by atoms with van der Waals surface area (Å²) < 4.78 is 11.2. The molecule has 0 saturated heterocycles. The summed E-state index contributed by atoms with van der Waals surface area (Å²) in [6.45, 7) is 8.10. The van der Waals surface area contributed by atoms with Crippen LogP contribution in [0.4, 0.5) is 5.69 Å². The highest BCUT2D eigenvalue weighted by molar-refractivity contribution is 7.09. The van der Waals surface area contributed by atoms with E-state index >= 15 is 0 Å². The number of nitrogens with zero attached hydrogens (tertiary/aromatic N) is 3. The molecule has 1 atom stereocenters. The van der Waals surface area contributed by atoms with Crippen molar-refractivity contribution >= 4 is 22.9 Å². The molecule has 140 valence electrons. The second-order valence-electron chi connectivity index (χ2n) is 6.68. The maximum atomic E-state index is 13.1. The molecule has 6 nitrogen and oxygen atoms in total. The minimum absolute atomic E-state index is 0.0448. The summed E-state index contributed by atoms with van der Waals surface area (Å²) in [7, 11) is 0. The van der Waals surface area contributed by atoms with Crippen molar-refractivity contribution in [1.29, 1.82) is 0 Å². The average molecular weight is 383 g/mol. The Morgan fingerprint density at radius 3 is 2.70 bits per heavy atom. The number of anilines is 1. The maximum absolute atomic E-state index is 13.1. The standard InChI is InChI=1S/C20H21N3O3S/c1-5-18-20(24)23(9-15-11(2)22-26-12(15)3)17-8-14(6-7-19(17)25-18)16-10-27-13(4)21-16/h6-8,10,18H,5,9H2,1-4H3. The Bertz CT molecular complexity index is 988. The van der Waals surface area contributed by atoms with Crippen molar-refractivity contribution in [2.45, 2.75) is 46.8 Å². The SMILES string of the molecule is CCC1Oc2ccc(-c3csc(C)n3)cc2N(Cc2c(C)noc2C)C1=O. The second-order valence-corrected chi connectivity index (χ2v) is 7.74. The van der Waals surface area contributed by atoms with Crippen LogP contribution in [-0.4, -0.2) is 22.2 Å². The van der Waals surface area contributed by atoms with Gasteiger partial charge in [0.1, 0.15) is 11.5 Å². The number of carbonyl (C=O) groups is 1. The molecule has 0 spiro atoms. The van der Waals surface area contributed by atoms with E-state index in [0.29, 0.717) is 18.7 Å². The first-order valence-corrected chi connectivity index (χ1v) is 9.82. The quantitative estimate of drug-likeness (QED) is 0.667. The Kier molecular flexibility index (Phi) is 4.47. The van der Waals surface area contributed by atoms with Crippen molar-refractivity contribution in [3.05, 3.63) is 45.6 Å². The maximum Gasteiger partial charge on any atom is 0.268 e. The highest BCUT2D eigenvalue weighted by atomic mass is 32.1. The van der Waals surface area contributed by atoms with E-state index in [2.05, 4.69) is 10.1 Å². The second kappa shape index (κ2) is 6.81. The Morgan fingerprint density at radius 2 is 2.07 bits per heavy atom. The third-order valence-corrected chi connectivity index (χ3v) is 5.62. The number of thiazole rings is 1. The van der Waals surface area contributed by atoms with Crippen LogP contribution >= 0.6 is 11.3 Å². The average Bonchev–Trinajstić information content (AvgIpc) is 3.23. The lowest BCUT2D eigenvalue weighted by molar-refractivity contribution is -0.126. The van der Waals surface area contributed by atoms with Crippen molar-refractivity contribution in [3.8, 4) is 17.0 Å². The molecular formula is C20H21N3O3S. The molecule has 2 aromatic heterocycles. The lowest BCUT2D eigenvalue weighted by atomic mass is 10.1. The molecule has 0 radical (unpaired) electrons. The van der Waals surface area contributed by atoms with Gasteiger partial charge >= 0.3 is 0 Å². The van der Waals surface area contributed by atoms with Crippen LogP contribution in [0.1, 0.15) is 35.4 Å². The minimum atomic E-state index is -0.481. The first-order chi connectivity index (χ1) is 13.0. The van der Waals surface area contributed by atoms with Crippen LogP contribution in [0.15, 0.2) is 28.1 Å². The molecule has 0 bridgehead atoms. The molecule has 0 fully saturated rings. The van der Waals surface area contributed by atoms with Gasteiger partial charge in [-0.2, -0.15) is 0 Å². The van der Waals surface area contributed by atoms with Crippen LogP contribution in [-0.2, 0) is 11.3 Å². The summed E-state index contributed by atoms with van der Waals surface area (Å²) >= 11 is 1.61. The third-order valence-electron chi connectivity index (χ3n) is 4.84. The van der Waals surface area contributed by atoms with Crippen molar-refractivity contribution in [2.24, 2.45) is 0 Å². The summed E-state index contributed by atoms with van der Waals surface area (Å²) in [6, 6.07) is 5.89. The fourth-order valence-corrected chi connectivity index (χ4v) is 3.91. The summed E-state index contributed by atoms with van der Waals surface area (Å²) in [5, 5.41) is 7.05. The van der Waals surface area contributed by atoms with E-state index in [1.54, 1.807) is 16.2 Å². The topological polar surface area (TPSA) is 68.5 Å². The molecule has 1 aliphatic heterocycles. The van der Waals surface area contributed by atoms with E-state index in [0.717, 1.165) is 39.0 Å². The number of rotatable bonds is 4. The molecule has 27 heavy (non-hydrogen) atoms. The van der Waals surface area contributed by atoms with E-state index in [1.165, 1.54) is 0 Å². The number of ether oxygens (including phenoxy) is 1. The number of hydrogen-bond acceptors (Lipinski definition) is 6. The van der Waals surface area contributed by atoms with Crippen molar-refractivity contribution in [2.75, 3.05) is 4.90 Å². The van der Waals surface area contributed by atoms with Crippen LogP contribution in [0.25, 0.3) is 11.3 Å². The van der Waals surface area contributed by atoms with Gasteiger partial charge in [-0.25, -0.2) is 4.98 Å². The number of amides is 1. The van der Waals surface area contributed by atoms with E-state index in [4.69, 9.17) is 9.26 Å². The monoisotopic (exact) mass is 383 g/mol. The van der Waals surface area contributed by atoms with E-state index in [9.17, 15) is 4.79 Å². The zero-order chi connectivity index (χ0) is 19.1. The van der Waals surface area contributed by atoms with Gasteiger partial charge in [0.2, 0.25) is 0 Å². The lowest BCUT2D eigenvalue weighted by Gasteiger charge is -2.34. The summed E-state index contributed by atoms with van der Waals surface area (Å²) in [5.41, 5.74) is 4.36. The molecule has 1 aromatic carbocycles. The van der Waals surface area contributed by atoms with Crippen molar-refractivity contribution in [1.82, 2.24) is 10.1 Å². The number of aromatic nitrogens is 2. The normalized spacial score (nSPS) is 16.4. The molecular weight excluding hydrogens is 362 g/mol. The Hall–Kier alpha value is -2.67. The van der Waals surface area contributed by atoms with Gasteiger partial charge in [0, 0.05) is 16.5 Å². The van der Waals surface area contributed by atoms with Gasteiger partial charge in [0.25, 0.3) is 5.91 Å². The van der Waals surface area contributed by atoms with Gasteiger partial charge in [-0.15, -0.1) is 11.3 Å². The fraction of sp³-hybridized carbons (Fsp3) is 0.350. The lowest BCUT2D eigenvalue weighted by Crippen LogP contribution is -2.45. The van der Waals surface area contributed by atoms with Crippen LogP contribution in [0.2, 0.25) is 0 Å². The highest BCUT2D eigenvalue weighted by Crippen LogP contribution is 2.39. The van der Waals surface area contributed by atoms with Gasteiger partial charge in [0.15, 0.2) is 6.10 Å². The predicted molar refractivity (Wildman–Crippen MR) is 104 cm³/mol. The zero-order valence-electron chi connectivity index (χ0n) is 15.8. The first kappa shape index (κ1) is 17.7. The zero-order valence-corrected chi connectivity index (χ0v) is 16.6. The van der Waals surface area contributed by atoms with Crippen LogP contribution < -0.4 is 9.64 Å². The molecule has 3 aromatic rings. The Morgan fingerprint density at radius 1 is 1.26 bits per heavy atom. The smallest absolute Gasteiger partial charge is 0.268 e. The van der Waals surface area contributed by atoms with Gasteiger partial charge in [-0.05, 0) is 45.4 Å². The van der Waals surface area contributed by atoms with Gasteiger partial charge in [0.05, 0.1) is 28.6 Å². The molecule has 1 unspecified atom stereocenters. The molecule has 0 aliphatic carbocycles. The molecule has 4 rings (SSSR count). The van der Waals surface area contributed by atoms with Gasteiger partial charge in [-0.3, -0.25) is 4.79 Å². The predicted octanol–water partition coefficient (Wildman–Crippen LogP) is 4.43. The highest BCUT2D eigenvalue weighted by Gasteiger charge is 2.34. The van der Waals surface area contributed by atoms with E-state index < -0.39 is 6.10 Å². The number of carbonyl (C=O) groups excluding carboxylic acids is 1. The number of hydrogen-bond donors (Lipinski definition) is 0. The fourth-order valence-electron chi connectivity index (χ4n) is 3.29. The molecule has 3 heterocycles. The summed E-state index contributed by atoms with van der Waals surface area (Å²) in [6.07, 6.45) is 0.133. The van der Waals surface area contributed by atoms with Gasteiger partial charge < -0.3 is 14.2 Å². The largest absolute Gasteiger partial charge is 0.478 e. The van der Waals surface area contributed by atoms with E-state index in [1.807, 2.05) is 51.3 Å². The first-order valence-electron chi connectivity index (χ1n) is 8.94. The Balaban J connectivity index is 1.79. The number of aryl methyl sites for hydroxylation is 3. The van der Waals surface area contributed by atoms with Crippen LogP contribution in [0, 0.1) is 20.8 Å². The molecule has 1 amide bonds. The van der Waals surface area contributed by atoms with Crippen molar-refractivity contribution in [3.63, 3.8) is 0 Å². The van der Waals surface area contributed by atoms with Gasteiger partial charge in [-0.1, -0.05) is 12.1 Å². The third kappa shape index (κ3) is 3.12. The number of fused-ring (bicyclic) bond motifs is 1. The number of benzene rings is 1.